The number of carbonyl (C=O) groups excluding carboxylic acids is 3. The molecule has 4 rings (SSSR count). The molecule has 3 amide bonds. The van der Waals surface area contributed by atoms with Crippen LogP contribution in [0.1, 0.15) is 37.5 Å². The molecular weight excluding hydrogens is 412 g/mol. The first-order valence-electron chi connectivity index (χ1n) is 11.6. The predicted octanol–water partition coefficient (Wildman–Crippen LogP) is 1.68. The molecule has 7 nitrogen and oxygen atoms in total. The van der Waals surface area contributed by atoms with Crippen LogP contribution in [0.3, 0.4) is 0 Å². The molecular formula is C23H34N4O3S. The van der Waals surface area contributed by atoms with Crippen molar-refractivity contribution in [3.05, 3.63) is 22.4 Å². The summed E-state index contributed by atoms with van der Waals surface area (Å²) in [6, 6.07) is 3.92. The Morgan fingerprint density at radius 2 is 1.55 bits per heavy atom. The van der Waals surface area contributed by atoms with E-state index >= 15 is 0 Å². The molecule has 1 atom stereocenters. The molecule has 31 heavy (non-hydrogen) atoms. The van der Waals surface area contributed by atoms with Crippen molar-refractivity contribution in [3.63, 3.8) is 0 Å². The minimum atomic E-state index is -0.0825. The summed E-state index contributed by atoms with van der Waals surface area (Å²) in [4.78, 5) is 47.1. The maximum atomic E-state index is 13.6. The van der Waals surface area contributed by atoms with Crippen LogP contribution in [-0.4, -0.2) is 95.7 Å². The van der Waals surface area contributed by atoms with E-state index in [0.29, 0.717) is 51.6 Å². The van der Waals surface area contributed by atoms with Gasteiger partial charge in [-0.3, -0.25) is 19.3 Å². The van der Waals surface area contributed by atoms with E-state index in [4.69, 9.17) is 0 Å². The van der Waals surface area contributed by atoms with Gasteiger partial charge < -0.3 is 14.7 Å². The number of carbonyl (C=O) groups is 3. The Morgan fingerprint density at radius 1 is 0.935 bits per heavy atom. The zero-order valence-electron chi connectivity index (χ0n) is 18.5. The number of nitrogens with zero attached hydrogens (tertiary/aromatic N) is 4. The highest BCUT2D eigenvalue weighted by Crippen LogP contribution is 2.32. The van der Waals surface area contributed by atoms with E-state index < -0.39 is 0 Å². The Hall–Kier alpha value is -1.93. The zero-order valence-corrected chi connectivity index (χ0v) is 19.3. The normalized spacial score (nSPS) is 22.0. The molecule has 0 N–H and O–H groups in total. The van der Waals surface area contributed by atoms with Crippen molar-refractivity contribution in [1.82, 2.24) is 19.6 Å². The molecule has 3 heterocycles. The molecule has 3 fully saturated rings. The number of amides is 3. The number of thiophene rings is 1. The molecule has 2 saturated heterocycles. The van der Waals surface area contributed by atoms with Crippen LogP contribution >= 0.6 is 11.3 Å². The largest absolute Gasteiger partial charge is 0.340 e. The van der Waals surface area contributed by atoms with Crippen molar-refractivity contribution < 1.29 is 14.4 Å². The summed E-state index contributed by atoms with van der Waals surface area (Å²) in [5, 5.41) is 2.01. The summed E-state index contributed by atoms with van der Waals surface area (Å²) in [6.07, 6.45) is 5.10. The number of hydrogen-bond donors (Lipinski definition) is 0. The molecule has 0 bridgehead atoms. The van der Waals surface area contributed by atoms with Crippen molar-refractivity contribution in [1.29, 1.82) is 0 Å². The molecule has 1 saturated carbocycles. The fraction of sp³-hybridized carbons (Fsp3) is 0.696. The highest BCUT2D eigenvalue weighted by Gasteiger charge is 2.40. The molecule has 1 aromatic heterocycles. The molecule has 170 valence electrons. The van der Waals surface area contributed by atoms with Crippen molar-refractivity contribution in [2.75, 3.05) is 52.4 Å². The Balaban J connectivity index is 1.36. The van der Waals surface area contributed by atoms with Crippen molar-refractivity contribution >= 4 is 29.1 Å². The van der Waals surface area contributed by atoms with Crippen LogP contribution in [0.15, 0.2) is 17.5 Å². The van der Waals surface area contributed by atoms with Crippen LogP contribution in [0.4, 0.5) is 0 Å². The second-order valence-corrected chi connectivity index (χ2v) is 10.0. The van der Waals surface area contributed by atoms with E-state index in [1.807, 2.05) is 32.2 Å². The zero-order chi connectivity index (χ0) is 21.8. The van der Waals surface area contributed by atoms with Gasteiger partial charge in [0.1, 0.15) is 0 Å². The Kier molecular flexibility index (Phi) is 7.27. The van der Waals surface area contributed by atoms with Crippen molar-refractivity contribution in [2.24, 2.45) is 5.92 Å². The van der Waals surface area contributed by atoms with Gasteiger partial charge in [0, 0.05) is 64.2 Å². The van der Waals surface area contributed by atoms with Crippen LogP contribution in [0.25, 0.3) is 0 Å². The minimum absolute atomic E-state index is 0.0825. The van der Waals surface area contributed by atoms with Gasteiger partial charge in [0.2, 0.25) is 17.7 Å². The van der Waals surface area contributed by atoms with Gasteiger partial charge in [-0.1, -0.05) is 18.9 Å². The lowest BCUT2D eigenvalue weighted by Gasteiger charge is -2.44. The molecule has 0 radical (unpaired) electrons. The lowest BCUT2D eigenvalue weighted by atomic mass is 9.94. The fourth-order valence-corrected chi connectivity index (χ4v) is 5.98. The Morgan fingerprint density at radius 3 is 2.13 bits per heavy atom. The SMILES string of the molecule is CC(=O)N1CCN(C(=O)C(C2CCCC2)N2CCN(C(=O)Cc3cccs3)CC2)CC1. The first kappa shape index (κ1) is 22.3. The third-order valence-corrected chi connectivity index (χ3v) is 7.98. The van der Waals surface area contributed by atoms with Crippen LogP contribution in [0, 0.1) is 5.92 Å². The van der Waals surface area contributed by atoms with E-state index in [9.17, 15) is 14.4 Å². The van der Waals surface area contributed by atoms with Crippen molar-refractivity contribution in [3.8, 4) is 0 Å². The summed E-state index contributed by atoms with van der Waals surface area (Å²) < 4.78 is 0. The molecule has 1 unspecified atom stereocenters. The smallest absolute Gasteiger partial charge is 0.240 e. The number of rotatable bonds is 5. The van der Waals surface area contributed by atoms with Crippen LogP contribution in [0.5, 0.6) is 0 Å². The fourth-order valence-electron chi connectivity index (χ4n) is 5.28. The maximum Gasteiger partial charge on any atom is 0.240 e. The van der Waals surface area contributed by atoms with E-state index in [1.54, 1.807) is 18.3 Å². The van der Waals surface area contributed by atoms with Gasteiger partial charge >= 0.3 is 0 Å². The van der Waals surface area contributed by atoms with Crippen LogP contribution < -0.4 is 0 Å². The second kappa shape index (κ2) is 10.1. The van der Waals surface area contributed by atoms with Gasteiger partial charge in [-0.05, 0) is 30.2 Å². The van der Waals surface area contributed by atoms with E-state index in [0.717, 1.165) is 30.8 Å². The Labute approximate surface area is 189 Å². The van der Waals surface area contributed by atoms with Gasteiger partial charge in [0.05, 0.1) is 12.5 Å². The molecule has 8 heteroatoms. The van der Waals surface area contributed by atoms with Gasteiger partial charge in [-0.25, -0.2) is 0 Å². The summed E-state index contributed by atoms with van der Waals surface area (Å²) in [7, 11) is 0. The second-order valence-electron chi connectivity index (χ2n) is 8.99. The minimum Gasteiger partial charge on any atom is -0.340 e. The lowest BCUT2D eigenvalue weighted by Crippen LogP contribution is -2.60. The standard InChI is InChI=1S/C23H34N4O3S/c1-18(28)24-8-14-27(15-9-24)23(30)22(19-5-2-3-6-19)26-12-10-25(11-13-26)21(29)17-20-7-4-16-31-20/h4,7,16,19,22H,2-3,5-6,8-15,17H2,1H3. The summed E-state index contributed by atoms with van der Waals surface area (Å²) >= 11 is 1.63. The van der Waals surface area contributed by atoms with E-state index in [-0.39, 0.29) is 23.8 Å². The van der Waals surface area contributed by atoms with E-state index in [2.05, 4.69) is 4.90 Å². The molecule has 0 spiro atoms. The number of hydrogen-bond acceptors (Lipinski definition) is 5. The summed E-state index contributed by atoms with van der Waals surface area (Å²) in [5.41, 5.74) is 0. The monoisotopic (exact) mass is 446 g/mol. The van der Waals surface area contributed by atoms with Crippen LogP contribution in [-0.2, 0) is 20.8 Å². The summed E-state index contributed by atoms with van der Waals surface area (Å²) in [5.74, 6) is 0.911. The molecule has 1 aromatic rings. The quantitative estimate of drug-likeness (QED) is 0.691. The van der Waals surface area contributed by atoms with Gasteiger partial charge in [0.25, 0.3) is 0 Å². The van der Waals surface area contributed by atoms with Gasteiger partial charge in [-0.15, -0.1) is 11.3 Å². The van der Waals surface area contributed by atoms with Crippen LogP contribution in [0.2, 0.25) is 0 Å². The molecule has 3 aliphatic rings. The molecule has 1 aliphatic carbocycles. The first-order chi connectivity index (χ1) is 15.0. The lowest BCUT2D eigenvalue weighted by molar-refractivity contribution is -0.145. The third kappa shape index (κ3) is 5.29. The average molecular weight is 447 g/mol. The third-order valence-electron chi connectivity index (χ3n) is 7.10. The van der Waals surface area contributed by atoms with Gasteiger partial charge in [-0.2, -0.15) is 0 Å². The predicted molar refractivity (Wildman–Crippen MR) is 121 cm³/mol. The van der Waals surface area contributed by atoms with Gasteiger partial charge in [0.15, 0.2) is 0 Å². The van der Waals surface area contributed by atoms with Crippen molar-refractivity contribution in [2.45, 2.75) is 45.1 Å². The topological polar surface area (TPSA) is 64.2 Å². The highest BCUT2D eigenvalue weighted by molar-refractivity contribution is 7.10. The highest BCUT2D eigenvalue weighted by atomic mass is 32.1. The average Bonchev–Trinajstić information content (AvgIpc) is 3.49. The van der Waals surface area contributed by atoms with E-state index in [1.165, 1.54) is 12.8 Å². The molecule has 2 aliphatic heterocycles. The summed E-state index contributed by atoms with van der Waals surface area (Å²) in [6.45, 7) is 7.01. The Bertz CT molecular complexity index is 762. The number of piperazine rings is 2. The molecule has 0 aromatic carbocycles. The maximum absolute atomic E-state index is 13.6. The first-order valence-corrected chi connectivity index (χ1v) is 12.5.